The second-order valence-electron chi connectivity index (χ2n) is 7.30. The van der Waals surface area contributed by atoms with Crippen LogP contribution < -0.4 is 16.0 Å². The second-order valence-corrected chi connectivity index (χ2v) is 7.30. The number of para-hydroxylation sites is 2. The summed E-state index contributed by atoms with van der Waals surface area (Å²) in [6, 6.07) is 22.6. The van der Waals surface area contributed by atoms with Crippen molar-refractivity contribution in [3.8, 4) is 0 Å². The fraction of sp³-hybridized carbons (Fsp3) is 0.160. The van der Waals surface area contributed by atoms with Gasteiger partial charge in [-0.15, -0.1) is 0 Å². The molecule has 32 heavy (non-hydrogen) atoms. The van der Waals surface area contributed by atoms with Crippen LogP contribution in [0.15, 0.2) is 78.9 Å². The maximum atomic E-state index is 12.6. The quantitative estimate of drug-likeness (QED) is 0.455. The van der Waals surface area contributed by atoms with Crippen LogP contribution >= 0.6 is 0 Å². The molecule has 0 atom stereocenters. The van der Waals surface area contributed by atoms with Gasteiger partial charge in [-0.1, -0.05) is 30.3 Å². The van der Waals surface area contributed by atoms with E-state index in [1.54, 1.807) is 74.5 Å². The molecule has 0 aliphatic carbocycles. The van der Waals surface area contributed by atoms with E-state index in [2.05, 4.69) is 16.0 Å². The SMILES string of the molecule is CC(C)OC(=O)c1ccc(NCC(=O)Nc2ccccc2C(=O)Nc2ccccc2)cc1. The van der Waals surface area contributed by atoms with E-state index in [4.69, 9.17) is 4.74 Å². The van der Waals surface area contributed by atoms with Crippen molar-refractivity contribution < 1.29 is 19.1 Å². The third kappa shape index (κ3) is 6.43. The van der Waals surface area contributed by atoms with Crippen LogP contribution in [-0.4, -0.2) is 30.4 Å². The number of carbonyl (C=O) groups excluding carboxylic acids is 3. The summed E-state index contributed by atoms with van der Waals surface area (Å²) in [6.07, 6.45) is -0.193. The lowest BCUT2D eigenvalue weighted by molar-refractivity contribution is -0.114. The number of nitrogens with one attached hydrogen (secondary N) is 3. The molecule has 3 aromatic carbocycles. The smallest absolute Gasteiger partial charge is 0.338 e. The number of hydrogen-bond acceptors (Lipinski definition) is 5. The highest BCUT2D eigenvalue weighted by Crippen LogP contribution is 2.18. The number of rotatable bonds is 8. The molecule has 164 valence electrons. The van der Waals surface area contributed by atoms with Crippen LogP contribution in [0.3, 0.4) is 0 Å². The molecule has 3 N–H and O–H groups in total. The van der Waals surface area contributed by atoms with E-state index in [1.807, 2.05) is 18.2 Å². The van der Waals surface area contributed by atoms with Gasteiger partial charge >= 0.3 is 5.97 Å². The minimum absolute atomic E-state index is 0.00950. The van der Waals surface area contributed by atoms with Crippen LogP contribution in [0.5, 0.6) is 0 Å². The Kier molecular flexibility index (Phi) is 7.59. The molecular formula is C25H25N3O4. The van der Waals surface area contributed by atoms with Crippen molar-refractivity contribution in [3.63, 3.8) is 0 Å². The molecule has 0 fully saturated rings. The van der Waals surface area contributed by atoms with Crippen LogP contribution in [-0.2, 0) is 9.53 Å². The average molecular weight is 431 g/mol. The number of carbonyl (C=O) groups is 3. The molecule has 0 spiro atoms. The highest BCUT2D eigenvalue weighted by atomic mass is 16.5. The summed E-state index contributed by atoms with van der Waals surface area (Å²) in [4.78, 5) is 37.0. The lowest BCUT2D eigenvalue weighted by Gasteiger charge is -2.12. The molecule has 2 amide bonds. The van der Waals surface area contributed by atoms with Crippen molar-refractivity contribution in [2.45, 2.75) is 20.0 Å². The predicted molar refractivity (Wildman–Crippen MR) is 125 cm³/mol. The van der Waals surface area contributed by atoms with Gasteiger partial charge in [0, 0.05) is 11.4 Å². The normalized spacial score (nSPS) is 10.3. The summed E-state index contributed by atoms with van der Waals surface area (Å²) in [5, 5.41) is 8.57. The predicted octanol–water partition coefficient (Wildman–Crippen LogP) is 4.55. The molecule has 0 bridgehead atoms. The van der Waals surface area contributed by atoms with E-state index >= 15 is 0 Å². The van der Waals surface area contributed by atoms with Crippen LogP contribution in [0.1, 0.15) is 34.6 Å². The second kappa shape index (κ2) is 10.8. The highest BCUT2D eigenvalue weighted by molar-refractivity contribution is 6.10. The van der Waals surface area contributed by atoms with Gasteiger partial charge < -0.3 is 20.7 Å². The molecule has 0 radical (unpaired) electrons. The van der Waals surface area contributed by atoms with Crippen LogP contribution in [0, 0.1) is 0 Å². The summed E-state index contributed by atoms with van der Waals surface area (Å²) in [6.45, 7) is 3.57. The molecule has 7 heteroatoms. The zero-order valence-electron chi connectivity index (χ0n) is 17.9. The molecular weight excluding hydrogens is 406 g/mol. The third-order valence-corrected chi connectivity index (χ3v) is 4.39. The Labute approximate surface area is 186 Å². The van der Waals surface area contributed by atoms with Gasteiger partial charge in [-0.25, -0.2) is 4.79 Å². The van der Waals surface area contributed by atoms with Crippen LogP contribution in [0.25, 0.3) is 0 Å². The first-order chi connectivity index (χ1) is 15.4. The minimum atomic E-state index is -0.394. The average Bonchev–Trinajstić information content (AvgIpc) is 2.78. The number of ether oxygens (including phenoxy) is 1. The number of benzene rings is 3. The lowest BCUT2D eigenvalue weighted by Crippen LogP contribution is -2.24. The first-order valence-corrected chi connectivity index (χ1v) is 10.2. The van der Waals surface area contributed by atoms with E-state index in [-0.39, 0.29) is 24.5 Å². The van der Waals surface area contributed by atoms with E-state index in [1.165, 1.54) is 0 Å². The van der Waals surface area contributed by atoms with Crippen molar-refractivity contribution in [1.82, 2.24) is 0 Å². The zero-order chi connectivity index (χ0) is 22.9. The molecule has 3 rings (SSSR count). The summed E-state index contributed by atoms with van der Waals surface area (Å²) in [5.41, 5.74) is 2.56. The van der Waals surface area contributed by atoms with E-state index in [0.29, 0.717) is 28.2 Å². The van der Waals surface area contributed by atoms with Gasteiger partial charge in [-0.2, -0.15) is 0 Å². The number of esters is 1. The summed E-state index contributed by atoms with van der Waals surface area (Å²) in [7, 11) is 0. The Morgan fingerprint density at radius 3 is 2.12 bits per heavy atom. The Bertz CT molecular complexity index is 1080. The first-order valence-electron chi connectivity index (χ1n) is 10.2. The van der Waals surface area contributed by atoms with Gasteiger partial charge in [0.1, 0.15) is 0 Å². The molecule has 0 aliphatic heterocycles. The Hall–Kier alpha value is -4.13. The molecule has 0 saturated carbocycles. The molecule has 0 heterocycles. The third-order valence-electron chi connectivity index (χ3n) is 4.39. The number of amides is 2. The highest BCUT2D eigenvalue weighted by Gasteiger charge is 2.14. The summed E-state index contributed by atoms with van der Waals surface area (Å²) < 4.78 is 5.15. The van der Waals surface area contributed by atoms with Crippen molar-refractivity contribution in [2.24, 2.45) is 0 Å². The Balaban J connectivity index is 1.57. The van der Waals surface area contributed by atoms with Gasteiger partial charge in [0.25, 0.3) is 5.91 Å². The monoisotopic (exact) mass is 431 g/mol. The molecule has 0 aliphatic rings. The van der Waals surface area contributed by atoms with Crippen molar-refractivity contribution in [1.29, 1.82) is 0 Å². The maximum Gasteiger partial charge on any atom is 0.338 e. The fourth-order valence-corrected chi connectivity index (χ4v) is 2.89. The Morgan fingerprint density at radius 1 is 0.781 bits per heavy atom. The largest absolute Gasteiger partial charge is 0.459 e. The van der Waals surface area contributed by atoms with Gasteiger partial charge in [0.15, 0.2) is 0 Å². The van der Waals surface area contributed by atoms with Crippen LogP contribution in [0.4, 0.5) is 17.1 Å². The zero-order valence-corrected chi connectivity index (χ0v) is 17.9. The van der Waals surface area contributed by atoms with Crippen molar-refractivity contribution in [2.75, 3.05) is 22.5 Å². The van der Waals surface area contributed by atoms with Gasteiger partial charge in [0.2, 0.25) is 5.91 Å². The summed E-state index contributed by atoms with van der Waals surface area (Å²) in [5.74, 6) is -1.02. The molecule has 3 aromatic rings. The van der Waals surface area contributed by atoms with Crippen LogP contribution in [0.2, 0.25) is 0 Å². The molecule has 0 aromatic heterocycles. The number of hydrogen-bond donors (Lipinski definition) is 3. The van der Waals surface area contributed by atoms with Gasteiger partial charge in [-0.05, 0) is 62.4 Å². The molecule has 0 unspecified atom stereocenters. The Morgan fingerprint density at radius 2 is 1.44 bits per heavy atom. The number of anilines is 3. The van der Waals surface area contributed by atoms with E-state index in [0.717, 1.165) is 0 Å². The topological polar surface area (TPSA) is 96.5 Å². The van der Waals surface area contributed by atoms with Gasteiger partial charge in [-0.3, -0.25) is 9.59 Å². The van der Waals surface area contributed by atoms with Gasteiger partial charge in [0.05, 0.1) is 29.5 Å². The molecule has 0 saturated heterocycles. The minimum Gasteiger partial charge on any atom is -0.459 e. The van der Waals surface area contributed by atoms with E-state index in [9.17, 15) is 14.4 Å². The summed E-state index contributed by atoms with van der Waals surface area (Å²) >= 11 is 0. The standard InChI is InChI=1S/C25H25N3O4/c1-17(2)32-25(31)18-12-14-19(15-13-18)26-16-23(29)28-22-11-7-6-10-21(22)24(30)27-20-8-4-3-5-9-20/h3-15,17,26H,16H2,1-2H3,(H,27,30)(H,28,29). The van der Waals surface area contributed by atoms with Crippen molar-refractivity contribution in [3.05, 3.63) is 90.0 Å². The van der Waals surface area contributed by atoms with E-state index < -0.39 is 5.97 Å². The fourth-order valence-electron chi connectivity index (χ4n) is 2.89. The molecule has 7 nitrogen and oxygen atoms in total. The first kappa shape index (κ1) is 22.6. The maximum absolute atomic E-state index is 12.6. The van der Waals surface area contributed by atoms with Crippen molar-refractivity contribution >= 4 is 34.8 Å². The lowest BCUT2D eigenvalue weighted by atomic mass is 10.1.